The average molecular weight is 541 g/mol. The van der Waals surface area contributed by atoms with E-state index in [-0.39, 0.29) is 18.9 Å². The summed E-state index contributed by atoms with van der Waals surface area (Å²) in [4.78, 5) is 25.0. The third-order valence-electron chi connectivity index (χ3n) is 6.85. The lowest BCUT2D eigenvalue weighted by Crippen LogP contribution is -2.53. The zero-order valence-corrected chi connectivity index (χ0v) is 19.0. The number of amides is 2. The van der Waals surface area contributed by atoms with Gasteiger partial charge in [-0.1, -0.05) is 0 Å². The molecule has 15 heteroatoms. The zero-order valence-electron chi connectivity index (χ0n) is 18.2. The molecule has 1 aromatic rings. The zero-order chi connectivity index (χ0) is 26.9. The second kappa shape index (κ2) is 8.06. The molecule has 0 spiro atoms. The monoisotopic (exact) mass is 541 g/mol. The van der Waals surface area contributed by atoms with Crippen LogP contribution in [0.5, 0.6) is 0 Å². The maximum absolute atomic E-state index is 13.6. The Kier molecular flexibility index (Phi) is 5.86. The third kappa shape index (κ3) is 4.29. The van der Waals surface area contributed by atoms with Crippen molar-refractivity contribution in [3.8, 4) is 6.07 Å². The first kappa shape index (κ1) is 26.2. The molecule has 1 N–H and O–H groups in total. The Morgan fingerprint density at radius 1 is 1.08 bits per heavy atom. The van der Waals surface area contributed by atoms with Crippen LogP contribution in [0.1, 0.15) is 37.7 Å². The van der Waals surface area contributed by atoms with E-state index >= 15 is 0 Å². The van der Waals surface area contributed by atoms with Crippen molar-refractivity contribution in [2.24, 2.45) is 5.41 Å². The number of likely N-dealkylation sites (tertiary alicyclic amines) is 1. The molecular weight excluding hydrogens is 523 g/mol. The van der Waals surface area contributed by atoms with Crippen LogP contribution in [0.25, 0.3) is 0 Å². The number of hydrogen-bond acceptors (Lipinski definition) is 5. The molecule has 2 aliphatic carbocycles. The second-order valence-corrected chi connectivity index (χ2v) is 11.5. The van der Waals surface area contributed by atoms with Crippen molar-refractivity contribution in [1.29, 1.82) is 5.26 Å². The number of halogens is 7. The number of nitriles is 1. The lowest BCUT2D eigenvalue weighted by atomic mass is 10.0. The number of sulfone groups is 1. The molecule has 2 atom stereocenters. The summed E-state index contributed by atoms with van der Waals surface area (Å²) in [5.74, 6) is -3.99. The Hall–Kier alpha value is -2.89. The first-order chi connectivity index (χ1) is 16.5. The minimum absolute atomic E-state index is 0.0262. The summed E-state index contributed by atoms with van der Waals surface area (Å²) >= 11 is 0. The van der Waals surface area contributed by atoms with E-state index < -0.39 is 98.3 Å². The maximum atomic E-state index is 13.6. The molecule has 1 aliphatic heterocycles. The van der Waals surface area contributed by atoms with Crippen molar-refractivity contribution < 1.29 is 48.7 Å². The summed E-state index contributed by atoms with van der Waals surface area (Å²) in [6.45, 7) is -0.981. The number of nitrogens with one attached hydrogen (secondary N) is 1. The van der Waals surface area contributed by atoms with Crippen LogP contribution >= 0.6 is 0 Å². The van der Waals surface area contributed by atoms with Crippen LogP contribution < -0.4 is 5.32 Å². The molecule has 1 saturated heterocycles. The number of carbonyl (C=O) groups is 2. The van der Waals surface area contributed by atoms with E-state index in [0.29, 0.717) is 17.0 Å². The topological polar surface area (TPSA) is 107 Å². The van der Waals surface area contributed by atoms with Crippen LogP contribution in [-0.2, 0) is 25.6 Å². The molecule has 2 amide bonds. The molecule has 3 aliphatic rings. The van der Waals surface area contributed by atoms with Gasteiger partial charge in [0.1, 0.15) is 22.8 Å². The number of rotatable bonds is 5. The summed E-state index contributed by atoms with van der Waals surface area (Å²) in [6, 6.07) is 0.900. The van der Waals surface area contributed by atoms with Gasteiger partial charge in [0, 0.05) is 6.54 Å². The largest absolute Gasteiger partial charge is 0.417 e. The Labute approximate surface area is 200 Å². The molecule has 2 unspecified atom stereocenters. The number of hydrogen-bond donors (Lipinski definition) is 1. The summed E-state index contributed by atoms with van der Waals surface area (Å²) in [5.41, 5.74) is -5.93. The highest BCUT2D eigenvalue weighted by Crippen LogP contribution is 2.59. The van der Waals surface area contributed by atoms with Gasteiger partial charge >= 0.3 is 12.4 Å². The van der Waals surface area contributed by atoms with E-state index in [1.807, 2.05) is 6.07 Å². The van der Waals surface area contributed by atoms with E-state index in [4.69, 9.17) is 0 Å². The summed E-state index contributed by atoms with van der Waals surface area (Å²) in [7, 11) is -5.00. The molecule has 1 aromatic carbocycles. The van der Waals surface area contributed by atoms with Gasteiger partial charge < -0.3 is 10.2 Å². The number of nitrogens with zero attached hydrogens (tertiary/aromatic N) is 2. The van der Waals surface area contributed by atoms with Crippen molar-refractivity contribution in [2.45, 2.75) is 66.2 Å². The van der Waals surface area contributed by atoms with Crippen LogP contribution in [-0.4, -0.2) is 54.7 Å². The van der Waals surface area contributed by atoms with Crippen LogP contribution in [0.4, 0.5) is 30.7 Å². The van der Waals surface area contributed by atoms with Crippen LogP contribution in [0.2, 0.25) is 0 Å². The van der Waals surface area contributed by atoms with Gasteiger partial charge in [-0.25, -0.2) is 12.8 Å². The van der Waals surface area contributed by atoms with Crippen LogP contribution in [0.3, 0.4) is 0 Å². The SMILES string of the molecule is N#CC1(NC(=O)C2CC(S(=O)(=O)c3ccc(F)cc3C(F)(F)F)CN2C(=O)C2(C(F)(F)F)CC2)CC1. The van der Waals surface area contributed by atoms with Gasteiger partial charge in [-0.2, -0.15) is 31.6 Å². The minimum atomic E-state index is -5.28. The number of carbonyl (C=O) groups excluding carboxylic acids is 2. The fourth-order valence-corrected chi connectivity index (χ4v) is 6.26. The normalized spacial score (nSPS) is 24.7. The molecule has 0 radical (unpaired) electrons. The van der Waals surface area contributed by atoms with Gasteiger partial charge in [-0.3, -0.25) is 9.59 Å². The van der Waals surface area contributed by atoms with Crippen molar-refractivity contribution >= 4 is 21.7 Å². The Morgan fingerprint density at radius 3 is 2.17 bits per heavy atom. The maximum Gasteiger partial charge on any atom is 0.417 e. The highest BCUT2D eigenvalue weighted by Gasteiger charge is 2.70. The highest BCUT2D eigenvalue weighted by molar-refractivity contribution is 7.92. The van der Waals surface area contributed by atoms with Gasteiger partial charge in [0.25, 0.3) is 0 Å². The fraction of sp³-hybridized carbons (Fsp3) is 0.571. The average Bonchev–Trinajstić information content (AvgIpc) is 3.68. The van der Waals surface area contributed by atoms with Crippen LogP contribution in [0.15, 0.2) is 23.1 Å². The lowest BCUT2D eigenvalue weighted by molar-refractivity contribution is -0.199. The molecule has 1 heterocycles. The van der Waals surface area contributed by atoms with Crippen molar-refractivity contribution in [3.63, 3.8) is 0 Å². The molecule has 0 aromatic heterocycles. The molecular formula is C21H18F7N3O4S. The second-order valence-electron chi connectivity index (χ2n) is 9.28. The van der Waals surface area contributed by atoms with E-state index in [9.17, 15) is 54.0 Å². The first-order valence-corrected chi connectivity index (χ1v) is 12.2. The summed E-state index contributed by atoms with van der Waals surface area (Å²) in [5, 5.41) is 9.63. The molecule has 7 nitrogen and oxygen atoms in total. The first-order valence-electron chi connectivity index (χ1n) is 10.7. The Bertz CT molecular complexity index is 1260. The minimum Gasteiger partial charge on any atom is -0.336 e. The number of benzene rings is 1. The molecule has 3 fully saturated rings. The third-order valence-corrected chi connectivity index (χ3v) is 9.04. The van der Waals surface area contributed by atoms with E-state index in [1.54, 1.807) is 0 Å². The predicted octanol–water partition coefficient (Wildman–Crippen LogP) is 3.10. The lowest BCUT2D eigenvalue weighted by Gasteiger charge is -2.29. The Morgan fingerprint density at radius 2 is 1.69 bits per heavy atom. The van der Waals surface area contributed by atoms with Crippen molar-refractivity contribution in [3.05, 3.63) is 29.6 Å². The molecule has 2 saturated carbocycles. The van der Waals surface area contributed by atoms with Crippen LogP contribution in [0, 0.1) is 22.6 Å². The van der Waals surface area contributed by atoms with E-state index in [2.05, 4.69) is 5.32 Å². The molecule has 196 valence electrons. The standard InChI is InChI=1S/C21H18F7N3O4S/c22-11-1-2-15(13(7-11)20(23,24)25)36(34,35)12-8-14(16(32)30-18(10-29)3-4-18)31(9-12)17(33)19(5-6-19)21(26,27)28/h1-2,7,12,14H,3-6,8-9H2,(H,30,32). The number of alkyl halides is 6. The van der Waals surface area contributed by atoms with Crippen molar-refractivity contribution in [1.82, 2.24) is 10.2 Å². The molecule has 4 rings (SSSR count). The predicted molar refractivity (Wildman–Crippen MR) is 106 cm³/mol. The smallest absolute Gasteiger partial charge is 0.336 e. The molecule has 0 bridgehead atoms. The van der Waals surface area contributed by atoms with Gasteiger partial charge in [-0.15, -0.1) is 0 Å². The van der Waals surface area contributed by atoms with E-state index in [1.165, 1.54) is 0 Å². The quantitative estimate of drug-likeness (QED) is 0.456. The summed E-state index contributed by atoms with van der Waals surface area (Å²) < 4.78 is 121. The highest BCUT2D eigenvalue weighted by atomic mass is 32.2. The van der Waals surface area contributed by atoms with E-state index in [0.717, 1.165) is 0 Å². The molecule has 36 heavy (non-hydrogen) atoms. The van der Waals surface area contributed by atoms with Gasteiger partial charge in [0.2, 0.25) is 11.8 Å². The Balaban J connectivity index is 1.72. The fourth-order valence-electron chi connectivity index (χ4n) is 4.37. The summed E-state index contributed by atoms with van der Waals surface area (Å²) in [6.07, 6.45) is -11.8. The van der Waals surface area contributed by atoms with Gasteiger partial charge in [0.05, 0.1) is 21.8 Å². The van der Waals surface area contributed by atoms with Gasteiger partial charge in [0.15, 0.2) is 9.84 Å². The van der Waals surface area contributed by atoms with Crippen molar-refractivity contribution in [2.75, 3.05) is 6.54 Å². The van der Waals surface area contributed by atoms with Gasteiger partial charge in [-0.05, 0) is 50.3 Å².